The van der Waals surface area contributed by atoms with Crippen LogP contribution < -0.4 is 9.47 Å². The smallest absolute Gasteiger partial charge is 0.490 e. The number of carboxylic acid groups (broad SMARTS) is 1. The van der Waals surface area contributed by atoms with Gasteiger partial charge in [-0.2, -0.15) is 13.2 Å². The Labute approximate surface area is 190 Å². The third-order valence-corrected chi connectivity index (χ3v) is 4.85. The molecular formula is C24H27F3N2O4. The number of halogens is 3. The molecule has 9 heteroatoms. The lowest BCUT2D eigenvalue weighted by atomic mass is 10.1. The van der Waals surface area contributed by atoms with E-state index in [0.717, 1.165) is 48.6 Å². The average Bonchev–Trinajstić information content (AvgIpc) is 3.20. The topological polar surface area (TPSA) is 73.6 Å². The van der Waals surface area contributed by atoms with Crippen molar-refractivity contribution in [1.82, 2.24) is 9.55 Å². The van der Waals surface area contributed by atoms with Crippen molar-refractivity contribution < 1.29 is 32.5 Å². The summed E-state index contributed by atoms with van der Waals surface area (Å²) in [5, 5.41) is 7.12. The molecule has 0 radical (unpaired) electrons. The maximum atomic E-state index is 10.6. The Balaban J connectivity index is 0.000000479. The number of hydrogen-bond donors (Lipinski definition) is 1. The van der Waals surface area contributed by atoms with Crippen LogP contribution in [-0.4, -0.2) is 41.0 Å². The second kappa shape index (κ2) is 11.9. The zero-order chi connectivity index (χ0) is 24.4. The summed E-state index contributed by atoms with van der Waals surface area (Å²) in [5.41, 5.74) is 4.54. The van der Waals surface area contributed by atoms with Crippen molar-refractivity contribution >= 4 is 5.97 Å². The van der Waals surface area contributed by atoms with Gasteiger partial charge in [-0.15, -0.1) is 0 Å². The highest BCUT2D eigenvalue weighted by Crippen LogP contribution is 2.32. The second-order valence-corrected chi connectivity index (χ2v) is 7.05. The third kappa shape index (κ3) is 7.00. The van der Waals surface area contributed by atoms with Crippen molar-refractivity contribution in [1.29, 1.82) is 0 Å². The third-order valence-electron chi connectivity index (χ3n) is 4.85. The van der Waals surface area contributed by atoms with Gasteiger partial charge in [-0.05, 0) is 36.6 Å². The highest BCUT2D eigenvalue weighted by molar-refractivity contribution is 5.73. The van der Waals surface area contributed by atoms with E-state index in [1.165, 1.54) is 11.3 Å². The fourth-order valence-corrected chi connectivity index (χ4v) is 3.31. The number of aryl methyl sites for hydroxylation is 2. The van der Waals surface area contributed by atoms with Crippen LogP contribution in [0.2, 0.25) is 0 Å². The van der Waals surface area contributed by atoms with Crippen LogP contribution in [0, 0.1) is 0 Å². The van der Waals surface area contributed by atoms with Crippen molar-refractivity contribution in [3.05, 3.63) is 66.1 Å². The SMILES string of the molecule is CCCc1c(-c2ccccc2OC)ncn1CCc1ccccc1OC.O=C(O)C(F)(F)F. The number of rotatable bonds is 8. The molecule has 0 bridgehead atoms. The Kier molecular flexibility index (Phi) is 9.32. The van der Waals surface area contributed by atoms with E-state index in [-0.39, 0.29) is 0 Å². The number of benzene rings is 2. The number of carboxylic acids is 1. The minimum absolute atomic E-state index is 0.861. The minimum Gasteiger partial charge on any atom is -0.496 e. The van der Waals surface area contributed by atoms with Crippen LogP contribution in [0.5, 0.6) is 11.5 Å². The van der Waals surface area contributed by atoms with Crippen LogP contribution in [0.4, 0.5) is 13.2 Å². The Morgan fingerprint density at radius 2 is 1.58 bits per heavy atom. The summed E-state index contributed by atoms with van der Waals surface area (Å²) in [6, 6.07) is 16.3. The molecule has 0 amide bonds. The molecule has 0 spiro atoms. The van der Waals surface area contributed by atoms with Gasteiger partial charge in [0.25, 0.3) is 0 Å². The standard InChI is InChI=1S/C22H26N2O2.C2HF3O2/c1-4-9-19-22(18-11-6-8-13-21(18)26-3)23-16-24(19)15-14-17-10-5-7-12-20(17)25-2;3-2(4,5)1(6)7/h5-8,10-13,16H,4,9,14-15H2,1-3H3;(H,6,7). The molecule has 1 N–H and O–H groups in total. The van der Waals surface area contributed by atoms with E-state index in [4.69, 9.17) is 24.4 Å². The van der Waals surface area contributed by atoms with Gasteiger partial charge in [-0.3, -0.25) is 0 Å². The van der Waals surface area contributed by atoms with Crippen LogP contribution in [0.3, 0.4) is 0 Å². The molecule has 3 aromatic rings. The van der Waals surface area contributed by atoms with Crippen molar-refractivity contribution in [2.24, 2.45) is 0 Å². The second-order valence-electron chi connectivity index (χ2n) is 7.05. The van der Waals surface area contributed by atoms with Gasteiger partial charge in [0.15, 0.2) is 0 Å². The lowest BCUT2D eigenvalue weighted by Crippen LogP contribution is -2.21. The van der Waals surface area contributed by atoms with Crippen LogP contribution in [0.25, 0.3) is 11.3 Å². The number of aliphatic carboxylic acids is 1. The quantitative estimate of drug-likeness (QED) is 0.484. The molecule has 0 aliphatic rings. The largest absolute Gasteiger partial charge is 0.496 e. The van der Waals surface area contributed by atoms with E-state index >= 15 is 0 Å². The van der Waals surface area contributed by atoms with Crippen molar-refractivity contribution in [2.75, 3.05) is 14.2 Å². The fraction of sp³-hybridized carbons (Fsp3) is 0.333. The zero-order valence-electron chi connectivity index (χ0n) is 18.7. The Bertz CT molecular complexity index is 1050. The molecule has 0 atom stereocenters. The molecule has 3 rings (SSSR count). The van der Waals surface area contributed by atoms with Gasteiger partial charge >= 0.3 is 12.1 Å². The fourth-order valence-electron chi connectivity index (χ4n) is 3.31. The van der Waals surface area contributed by atoms with Gasteiger partial charge in [0, 0.05) is 17.8 Å². The molecule has 1 heterocycles. The van der Waals surface area contributed by atoms with E-state index in [9.17, 15) is 13.2 Å². The maximum absolute atomic E-state index is 10.6. The number of aromatic nitrogens is 2. The lowest BCUT2D eigenvalue weighted by molar-refractivity contribution is -0.192. The molecule has 0 fully saturated rings. The van der Waals surface area contributed by atoms with Crippen LogP contribution in [0.15, 0.2) is 54.9 Å². The zero-order valence-corrected chi connectivity index (χ0v) is 18.7. The molecular weight excluding hydrogens is 437 g/mol. The number of hydrogen-bond acceptors (Lipinski definition) is 4. The Morgan fingerprint density at radius 1 is 1.00 bits per heavy atom. The van der Waals surface area contributed by atoms with E-state index in [1.54, 1.807) is 14.2 Å². The highest BCUT2D eigenvalue weighted by Gasteiger charge is 2.38. The van der Waals surface area contributed by atoms with Gasteiger partial charge in [0.1, 0.15) is 11.5 Å². The Hall–Kier alpha value is -3.49. The summed E-state index contributed by atoms with van der Waals surface area (Å²) in [6.45, 7) is 3.07. The summed E-state index contributed by atoms with van der Waals surface area (Å²) in [4.78, 5) is 13.6. The van der Waals surface area contributed by atoms with Gasteiger partial charge in [-0.1, -0.05) is 43.7 Å². The monoisotopic (exact) mass is 464 g/mol. The van der Waals surface area contributed by atoms with E-state index in [2.05, 4.69) is 29.7 Å². The van der Waals surface area contributed by atoms with Gasteiger partial charge in [-0.25, -0.2) is 9.78 Å². The number of imidazole rings is 1. The predicted molar refractivity (Wildman–Crippen MR) is 119 cm³/mol. The highest BCUT2D eigenvalue weighted by atomic mass is 19.4. The summed E-state index contributed by atoms with van der Waals surface area (Å²) in [6.07, 6.45) is -0.174. The summed E-state index contributed by atoms with van der Waals surface area (Å²) >= 11 is 0. The molecule has 1 aromatic heterocycles. The number of para-hydroxylation sites is 2. The first kappa shape index (κ1) is 25.8. The van der Waals surface area contributed by atoms with Crippen LogP contribution in [-0.2, 0) is 24.2 Å². The molecule has 0 aliphatic heterocycles. The first-order valence-corrected chi connectivity index (χ1v) is 10.3. The normalized spacial score (nSPS) is 10.8. The van der Waals surface area contributed by atoms with Gasteiger partial charge in [0.2, 0.25) is 0 Å². The van der Waals surface area contributed by atoms with Gasteiger partial charge < -0.3 is 19.1 Å². The number of alkyl halides is 3. The minimum atomic E-state index is -5.08. The number of nitrogens with zero attached hydrogens (tertiary/aromatic N) is 2. The van der Waals surface area contributed by atoms with E-state index in [0.29, 0.717) is 0 Å². The van der Waals surface area contributed by atoms with Crippen molar-refractivity contribution in [2.45, 2.75) is 38.9 Å². The summed E-state index contributed by atoms with van der Waals surface area (Å²) in [5.74, 6) is -0.957. The molecule has 0 unspecified atom stereocenters. The van der Waals surface area contributed by atoms with Crippen LogP contribution in [0.1, 0.15) is 24.6 Å². The number of ether oxygens (including phenoxy) is 2. The molecule has 0 saturated heterocycles. The van der Waals surface area contributed by atoms with Gasteiger partial charge in [0.05, 0.1) is 26.2 Å². The first-order chi connectivity index (χ1) is 15.7. The molecule has 0 saturated carbocycles. The van der Waals surface area contributed by atoms with E-state index < -0.39 is 12.1 Å². The van der Waals surface area contributed by atoms with Crippen LogP contribution >= 0.6 is 0 Å². The molecule has 178 valence electrons. The summed E-state index contributed by atoms with van der Waals surface area (Å²) in [7, 11) is 3.43. The molecule has 2 aromatic carbocycles. The Morgan fingerprint density at radius 3 is 2.15 bits per heavy atom. The summed E-state index contributed by atoms with van der Waals surface area (Å²) < 4.78 is 45.0. The number of carbonyl (C=O) groups is 1. The first-order valence-electron chi connectivity index (χ1n) is 10.3. The molecule has 33 heavy (non-hydrogen) atoms. The molecule has 6 nitrogen and oxygen atoms in total. The average molecular weight is 464 g/mol. The number of methoxy groups -OCH3 is 2. The van der Waals surface area contributed by atoms with Crippen molar-refractivity contribution in [3.8, 4) is 22.8 Å². The lowest BCUT2D eigenvalue weighted by Gasteiger charge is -2.13. The maximum Gasteiger partial charge on any atom is 0.490 e. The predicted octanol–water partition coefficient (Wildman–Crippen LogP) is 5.40. The molecule has 0 aliphatic carbocycles. The van der Waals surface area contributed by atoms with Crippen molar-refractivity contribution in [3.63, 3.8) is 0 Å². The van der Waals surface area contributed by atoms with E-state index in [1.807, 2.05) is 36.7 Å².